The molecule has 0 aromatic heterocycles. The number of nitrogens with zero attached hydrogens (tertiary/aromatic N) is 2. The van der Waals surface area contributed by atoms with Crippen molar-refractivity contribution in [2.45, 2.75) is 17.9 Å². The van der Waals surface area contributed by atoms with E-state index in [4.69, 9.17) is 21.4 Å². The molecular weight excluding hydrogens is 364 g/mol. The maximum atomic E-state index is 12.7. The summed E-state index contributed by atoms with van der Waals surface area (Å²) >= 11 is 7.46. The molecule has 0 bridgehead atoms. The fourth-order valence-corrected chi connectivity index (χ4v) is 3.65. The number of carbonyl (C=O) groups is 2. The fourth-order valence-electron chi connectivity index (χ4n) is 2.31. The minimum absolute atomic E-state index is 0.256. The van der Waals surface area contributed by atoms with Gasteiger partial charge in [-0.2, -0.15) is 0 Å². The molecule has 2 aromatic rings. The van der Waals surface area contributed by atoms with Gasteiger partial charge in [0.25, 0.3) is 0 Å². The Kier molecular flexibility index (Phi) is 4.78. The highest BCUT2D eigenvalue weighted by molar-refractivity contribution is 8.01. The number of amides is 2. The lowest BCUT2D eigenvalue weighted by Gasteiger charge is -2.34. The minimum Gasteiger partial charge on any atom is -0.479 e. The van der Waals surface area contributed by atoms with Gasteiger partial charge in [-0.25, -0.2) is 13.9 Å². The van der Waals surface area contributed by atoms with Crippen LogP contribution in [0.1, 0.15) is 6.92 Å². The summed E-state index contributed by atoms with van der Waals surface area (Å²) in [6, 6.07) is 12.0. The van der Waals surface area contributed by atoms with E-state index in [0.29, 0.717) is 22.1 Å². The van der Waals surface area contributed by atoms with Gasteiger partial charge in [0.15, 0.2) is 6.10 Å². The van der Waals surface area contributed by atoms with E-state index >= 15 is 0 Å². The van der Waals surface area contributed by atoms with E-state index < -0.39 is 12.1 Å². The number of ether oxygens (including phenoxy) is 1. The highest BCUT2D eigenvalue weighted by Crippen LogP contribution is 2.44. The van der Waals surface area contributed by atoms with Crippen LogP contribution in [0.2, 0.25) is 5.02 Å². The van der Waals surface area contributed by atoms with Crippen molar-refractivity contribution < 1.29 is 19.4 Å². The molecule has 6 nitrogen and oxygen atoms in total. The summed E-state index contributed by atoms with van der Waals surface area (Å²) in [7, 11) is 1.65. The molecule has 2 amide bonds. The number of aliphatic carboxylic acids is 1. The zero-order chi connectivity index (χ0) is 18.1. The quantitative estimate of drug-likeness (QED) is 0.804. The van der Waals surface area contributed by atoms with Gasteiger partial charge in [-0.05, 0) is 43.1 Å². The van der Waals surface area contributed by atoms with Crippen molar-refractivity contribution in [3.63, 3.8) is 0 Å². The number of halogens is 1. The van der Waals surface area contributed by atoms with Crippen molar-refractivity contribution in [2.24, 2.45) is 0 Å². The molecule has 1 heterocycles. The van der Waals surface area contributed by atoms with Crippen LogP contribution in [0.5, 0.6) is 5.75 Å². The predicted molar refractivity (Wildman–Crippen MR) is 97.8 cm³/mol. The van der Waals surface area contributed by atoms with E-state index in [1.54, 1.807) is 43.4 Å². The summed E-state index contributed by atoms with van der Waals surface area (Å²) in [4.78, 5) is 26.0. The summed E-state index contributed by atoms with van der Waals surface area (Å²) < 4.78 is 6.89. The van der Waals surface area contributed by atoms with E-state index in [1.807, 2.05) is 6.07 Å². The van der Waals surface area contributed by atoms with Crippen molar-refractivity contribution >= 4 is 46.9 Å². The van der Waals surface area contributed by atoms with E-state index in [1.165, 1.54) is 28.1 Å². The normalized spacial score (nSPS) is 14.9. The lowest BCUT2D eigenvalue weighted by Crippen LogP contribution is -2.40. The third-order valence-corrected chi connectivity index (χ3v) is 5.07. The second-order valence-corrected chi connectivity index (χ2v) is 6.80. The monoisotopic (exact) mass is 378 g/mol. The second kappa shape index (κ2) is 6.85. The van der Waals surface area contributed by atoms with Gasteiger partial charge in [-0.15, -0.1) is 0 Å². The van der Waals surface area contributed by atoms with Crippen LogP contribution >= 0.6 is 23.5 Å². The van der Waals surface area contributed by atoms with Crippen LogP contribution in [0.3, 0.4) is 0 Å². The predicted octanol–water partition coefficient (Wildman–Crippen LogP) is 4.28. The average molecular weight is 379 g/mol. The molecule has 1 aliphatic heterocycles. The highest BCUT2D eigenvalue weighted by atomic mass is 35.5. The Labute approximate surface area is 154 Å². The van der Waals surface area contributed by atoms with Crippen molar-refractivity contribution in [1.82, 2.24) is 0 Å². The van der Waals surface area contributed by atoms with Crippen molar-refractivity contribution in [2.75, 3.05) is 16.3 Å². The first-order valence-electron chi connectivity index (χ1n) is 7.42. The van der Waals surface area contributed by atoms with Gasteiger partial charge >= 0.3 is 12.0 Å². The fraction of sp³-hybridized carbons (Fsp3) is 0.176. The summed E-state index contributed by atoms with van der Waals surface area (Å²) in [5.74, 6) is -0.665. The number of urea groups is 1. The standard InChI is InChI=1S/C17H15ClN2O4S/c1-10(16(21)22)24-11-7-8-15-14(9-11)19(2)17(23)20(25-15)13-6-4-3-5-12(13)18/h3-10H,1-2H3,(H,21,22)/t10-/m1/s1. The van der Waals surface area contributed by atoms with Crippen molar-refractivity contribution in [3.8, 4) is 5.75 Å². The summed E-state index contributed by atoms with van der Waals surface area (Å²) in [6.07, 6.45) is -0.977. The Morgan fingerprint density at radius 2 is 1.96 bits per heavy atom. The Morgan fingerprint density at radius 1 is 1.24 bits per heavy atom. The molecule has 1 N–H and O–H groups in total. The lowest BCUT2D eigenvalue weighted by molar-refractivity contribution is -0.144. The van der Waals surface area contributed by atoms with Crippen LogP contribution in [0, 0.1) is 0 Å². The number of rotatable bonds is 4. The first-order chi connectivity index (χ1) is 11.9. The smallest absolute Gasteiger partial charge is 0.344 e. The molecule has 0 radical (unpaired) electrons. The Bertz CT molecular complexity index is 845. The topological polar surface area (TPSA) is 70.1 Å². The van der Waals surface area contributed by atoms with Gasteiger partial charge in [0.1, 0.15) is 5.75 Å². The van der Waals surface area contributed by atoms with Crippen LogP contribution in [-0.4, -0.2) is 30.3 Å². The third kappa shape index (κ3) is 3.38. The largest absolute Gasteiger partial charge is 0.479 e. The molecule has 0 spiro atoms. The van der Waals surface area contributed by atoms with Crippen LogP contribution in [0.4, 0.5) is 16.2 Å². The number of carbonyl (C=O) groups excluding carboxylic acids is 1. The van der Waals surface area contributed by atoms with Crippen molar-refractivity contribution in [1.29, 1.82) is 0 Å². The Morgan fingerprint density at radius 3 is 2.64 bits per heavy atom. The second-order valence-electron chi connectivity index (χ2n) is 5.41. The third-order valence-electron chi connectivity index (χ3n) is 3.67. The molecule has 0 unspecified atom stereocenters. The number of para-hydroxylation sites is 1. The molecule has 8 heteroatoms. The Hall–Kier alpha value is -2.38. The molecule has 2 aromatic carbocycles. The van der Waals surface area contributed by atoms with Crippen LogP contribution in [0.15, 0.2) is 47.4 Å². The van der Waals surface area contributed by atoms with E-state index in [0.717, 1.165) is 4.90 Å². The van der Waals surface area contributed by atoms with Gasteiger partial charge in [0, 0.05) is 13.1 Å². The molecule has 0 saturated carbocycles. The zero-order valence-corrected chi connectivity index (χ0v) is 15.0. The van der Waals surface area contributed by atoms with Crippen LogP contribution in [0.25, 0.3) is 0 Å². The van der Waals surface area contributed by atoms with E-state index in [9.17, 15) is 9.59 Å². The first kappa shape index (κ1) is 17.4. The highest BCUT2D eigenvalue weighted by Gasteiger charge is 2.31. The summed E-state index contributed by atoms with van der Waals surface area (Å²) in [6.45, 7) is 1.45. The van der Waals surface area contributed by atoms with Crippen LogP contribution in [-0.2, 0) is 4.79 Å². The maximum absolute atomic E-state index is 12.7. The zero-order valence-electron chi connectivity index (χ0n) is 13.5. The van der Waals surface area contributed by atoms with Gasteiger partial charge in [0.2, 0.25) is 0 Å². The molecule has 130 valence electrons. The Balaban J connectivity index is 1.93. The molecule has 25 heavy (non-hydrogen) atoms. The van der Waals surface area contributed by atoms with Crippen molar-refractivity contribution in [3.05, 3.63) is 47.5 Å². The molecule has 0 aliphatic carbocycles. The molecule has 1 atom stereocenters. The number of hydrogen-bond acceptors (Lipinski definition) is 4. The number of fused-ring (bicyclic) bond motifs is 1. The number of anilines is 2. The van der Waals surface area contributed by atoms with Gasteiger partial charge < -0.3 is 9.84 Å². The summed E-state index contributed by atoms with van der Waals surface area (Å²) in [5, 5.41) is 9.43. The molecule has 3 rings (SSSR count). The van der Waals surface area contributed by atoms with Gasteiger partial charge in [0.05, 0.1) is 21.3 Å². The van der Waals surface area contributed by atoms with E-state index in [-0.39, 0.29) is 6.03 Å². The molecular formula is C17H15ClN2O4S. The SMILES string of the molecule is C[C@@H](Oc1ccc2c(c1)N(C)C(=O)N(c1ccccc1Cl)S2)C(=O)O. The number of carboxylic acid groups (broad SMARTS) is 1. The number of benzene rings is 2. The van der Waals surface area contributed by atoms with Crippen LogP contribution < -0.4 is 13.9 Å². The number of hydrogen-bond donors (Lipinski definition) is 1. The maximum Gasteiger partial charge on any atom is 0.344 e. The average Bonchev–Trinajstić information content (AvgIpc) is 2.59. The molecule has 0 saturated heterocycles. The summed E-state index contributed by atoms with van der Waals surface area (Å²) in [5.41, 5.74) is 1.25. The lowest BCUT2D eigenvalue weighted by atomic mass is 10.2. The van der Waals surface area contributed by atoms with E-state index in [2.05, 4.69) is 0 Å². The number of carboxylic acids is 1. The molecule has 1 aliphatic rings. The molecule has 0 fully saturated rings. The minimum atomic E-state index is -1.05. The first-order valence-corrected chi connectivity index (χ1v) is 8.57. The van der Waals surface area contributed by atoms with Gasteiger partial charge in [-0.1, -0.05) is 23.7 Å². The van der Waals surface area contributed by atoms with Gasteiger partial charge in [-0.3, -0.25) is 4.90 Å².